The van der Waals surface area contributed by atoms with Gasteiger partial charge in [0.2, 0.25) is 0 Å². The first kappa shape index (κ1) is 33.8. The molecule has 45 heavy (non-hydrogen) atoms. The van der Waals surface area contributed by atoms with Crippen LogP contribution in [0.25, 0.3) is 0 Å². The molecule has 1 aliphatic rings. The summed E-state index contributed by atoms with van der Waals surface area (Å²) in [5.41, 5.74) is 2.54. The Morgan fingerprint density at radius 3 is 2.24 bits per heavy atom. The van der Waals surface area contributed by atoms with E-state index in [0.29, 0.717) is 24.5 Å². The highest BCUT2D eigenvalue weighted by Crippen LogP contribution is 2.23. The minimum absolute atomic E-state index is 0.176. The molecule has 3 aromatic carbocycles. The second-order valence-electron chi connectivity index (χ2n) is 12.3. The van der Waals surface area contributed by atoms with Gasteiger partial charge in [-0.1, -0.05) is 24.3 Å². The number of amides is 3. The molecule has 11 heteroatoms. The lowest BCUT2D eigenvalue weighted by atomic mass is 10.1. The molecule has 0 radical (unpaired) electrons. The van der Waals surface area contributed by atoms with Gasteiger partial charge in [0.15, 0.2) is 11.6 Å². The first-order valence-electron chi connectivity index (χ1n) is 15.3. The first-order chi connectivity index (χ1) is 21.5. The van der Waals surface area contributed by atoms with E-state index in [2.05, 4.69) is 32.8 Å². The zero-order valence-electron chi connectivity index (χ0n) is 26.5. The van der Waals surface area contributed by atoms with E-state index in [4.69, 9.17) is 4.74 Å². The van der Waals surface area contributed by atoms with Gasteiger partial charge in [0.1, 0.15) is 6.73 Å². The van der Waals surface area contributed by atoms with E-state index in [1.54, 1.807) is 17.0 Å². The van der Waals surface area contributed by atoms with E-state index in [-0.39, 0.29) is 23.7 Å². The standard InChI is InChI=1S/C34H44F2N6O3/c1-34(2,3)45-24-37-30-8-5-6-9-31(30)39-32(43)26-12-10-25(11-13-26)23-42(17-7-16-41-20-18-40(4)19-21-41)33(44)38-27-14-15-28(35)29(36)22-27/h5-6,8-15,22,37H,7,16-21,23-24H2,1-4H3,(H,38,44)(H,39,43). The fourth-order valence-electron chi connectivity index (χ4n) is 4.84. The molecular formula is C34H44F2N6O3. The van der Waals surface area contributed by atoms with Crippen LogP contribution in [-0.4, -0.2) is 85.3 Å². The Labute approximate surface area is 264 Å². The van der Waals surface area contributed by atoms with Crippen LogP contribution in [0.4, 0.5) is 30.6 Å². The Morgan fingerprint density at radius 2 is 1.58 bits per heavy atom. The van der Waals surface area contributed by atoms with Crippen molar-refractivity contribution in [2.24, 2.45) is 0 Å². The van der Waals surface area contributed by atoms with Crippen molar-refractivity contribution in [2.75, 3.05) is 69.0 Å². The number of hydrogen-bond acceptors (Lipinski definition) is 6. The lowest BCUT2D eigenvalue weighted by Crippen LogP contribution is -2.45. The molecule has 1 heterocycles. The van der Waals surface area contributed by atoms with Crippen LogP contribution >= 0.6 is 0 Å². The van der Waals surface area contributed by atoms with Crippen LogP contribution in [0.15, 0.2) is 66.7 Å². The van der Waals surface area contributed by atoms with Crippen molar-refractivity contribution in [1.29, 1.82) is 0 Å². The smallest absolute Gasteiger partial charge is 0.322 e. The number of benzene rings is 3. The molecular weight excluding hydrogens is 578 g/mol. The number of likely N-dealkylation sites (N-methyl/N-ethyl adjacent to an activating group) is 1. The molecule has 4 rings (SSSR count). The number of para-hydroxylation sites is 2. The van der Waals surface area contributed by atoms with E-state index in [0.717, 1.165) is 62.5 Å². The molecule has 242 valence electrons. The van der Waals surface area contributed by atoms with Crippen LogP contribution in [0.5, 0.6) is 0 Å². The van der Waals surface area contributed by atoms with Gasteiger partial charge in [-0.15, -0.1) is 0 Å². The lowest BCUT2D eigenvalue weighted by Gasteiger charge is -2.33. The Hall–Kier alpha value is -4.06. The second kappa shape index (κ2) is 15.8. The molecule has 0 atom stereocenters. The summed E-state index contributed by atoms with van der Waals surface area (Å²) in [6.07, 6.45) is 0.754. The third-order valence-corrected chi connectivity index (χ3v) is 7.49. The van der Waals surface area contributed by atoms with Crippen LogP contribution in [0.2, 0.25) is 0 Å². The van der Waals surface area contributed by atoms with Crippen molar-refractivity contribution in [3.05, 3.63) is 89.5 Å². The number of ether oxygens (including phenoxy) is 1. The quantitative estimate of drug-likeness (QED) is 0.213. The number of carbonyl (C=O) groups is 2. The third kappa shape index (κ3) is 10.8. The first-order valence-corrected chi connectivity index (χ1v) is 15.3. The van der Waals surface area contributed by atoms with Crippen molar-refractivity contribution in [1.82, 2.24) is 14.7 Å². The number of carbonyl (C=O) groups excluding carboxylic acids is 2. The summed E-state index contributed by atoms with van der Waals surface area (Å²) < 4.78 is 33.0. The van der Waals surface area contributed by atoms with Gasteiger partial charge in [0.25, 0.3) is 5.91 Å². The zero-order chi connectivity index (χ0) is 32.4. The van der Waals surface area contributed by atoms with Crippen molar-refractivity contribution >= 4 is 29.0 Å². The predicted octanol–water partition coefficient (Wildman–Crippen LogP) is 6.07. The van der Waals surface area contributed by atoms with Gasteiger partial charge in [-0.25, -0.2) is 13.6 Å². The molecule has 0 saturated carbocycles. The van der Waals surface area contributed by atoms with E-state index in [1.807, 2.05) is 57.2 Å². The average molecular weight is 623 g/mol. The maximum atomic E-state index is 13.8. The molecule has 0 aromatic heterocycles. The summed E-state index contributed by atoms with van der Waals surface area (Å²) in [4.78, 5) is 32.7. The molecule has 0 bridgehead atoms. The maximum Gasteiger partial charge on any atom is 0.322 e. The van der Waals surface area contributed by atoms with Crippen molar-refractivity contribution in [3.8, 4) is 0 Å². The van der Waals surface area contributed by atoms with Crippen LogP contribution < -0.4 is 16.0 Å². The fraction of sp³-hybridized carbons (Fsp3) is 0.412. The number of nitrogens with zero attached hydrogens (tertiary/aromatic N) is 3. The Kier molecular flexibility index (Phi) is 11.9. The molecule has 3 amide bonds. The predicted molar refractivity (Wildman–Crippen MR) is 175 cm³/mol. The molecule has 3 aromatic rings. The van der Waals surface area contributed by atoms with Gasteiger partial charge >= 0.3 is 6.03 Å². The van der Waals surface area contributed by atoms with Gasteiger partial charge in [0, 0.05) is 56.6 Å². The molecule has 1 aliphatic heterocycles. The van der Waals surface area contributed by atoms with E-state index in [1.165, 1.54) is 6.07 Å². The lowest BCUT2D eigenvalue weighted by molar-refractivity contribution is 0.00847. The fourth-order valence-corrected chi connectivity index (χ4v) is 4.84. The van der Waals surface area contributed by atoms with Crippen molar-refractivity contribution in [3.63, 3.8) is 0 Å². The summed E-state index contributed by atoms with van der Waals surface area (Å²) in [6, 6.07) is 17.3. The molecule has 9 nitrogen and oxygen atoms in total. The largest absolute Gasteiger partial charge is 0.361 e. The summed E-state index contributed by atoms with van der Waals surface area (Å²) in [5, 5.41) is 8.85. The maximum absolute atomic E-state index is 13.8. The normalized spacial score (nSPS) is 14.2. The van der Waals surface area contributed by atoms with Crippen LogP contribution in [-0.2, 0) is 11.3 Å². The Morgan fingerprint density at radius 1 is 0.889 bits per heavy atom. The van der Waals surface area contributed by atoms with E-state index in [9.17, 15) is 18.4 Å². The minimum atomic E-state index is -1.03. The number of anilines is 3. The molecule has 1 saturated heterocycles. The highest BCUT2D eigenvalue weighted by Gasteiger charge is 2.18. The van der Waals surface area contributed by atoms with E-state index >= 15 is 0 Å². The summed E-state index contributed by atoms with van der Waals surface area (Å²) in [6.45, 7) is 11.8. The zero-order valence-corrected chi connectivity index (χ0v) is 26.5. The third-order valence-electron chi connectivity index (χ3n) is 7.49. The summed E-state index contributed by atoms with van der Waals surface area (Å²) in [5.74, 6) is -2.27. The van der Waals surface area contributed by atoms with Crippen molar-refractivity contribution < 1.29 is 23.1 Å². The summed E-state index contributed by atoms with van der Waals surface area (Å²) >= 11 is 0. The van der Waals surface area contributed by atoms with E-state index < -0.39 is 17.7 Å². The number of hydrogen-bond donors (Lipinski definition) is 3. The summed E-state index contributed by atoms with van der Waals surface area (Å²) in [7, 11) is 2.11. The monoisotopic (exact) mass is 622 g/mol. The highest BCUT2D eigenvalue weighted by atomic mass is 19.2. The van der Waals surface area contributed by atoms with Gasteiger partial charge < -0.3 is 35.4 Å². The van der Waals surface area contributed by atoms with Gasteiger partial charge in [-0.2, -0.15) is 0 Å². The Bertz CT molecular complexity index is 1420. The van der Waals surface area contributed by atoms with Gasteiger partial charge in [-0.3, -0.25) is 4.79 Å². The van der Waals surface area contributed by atoms with Crippen LogP contribution in [0.3, 0.4) is 0 Å². The number of piperazine rings is 1. The van der Waals surface area contributed by atoms with Gasteiger partial charge in [-0.05, 0) is 82.7 Å². The molecule has 0 unspecified atom stereocenters. The van der Waals surface area contributed by atoms with Gasteiger partial charge in [0.05, 0.1) is 17.0 Å². The average Bonchev–Trinajstić information content (AvgIpc) is 3.00. The second-order valence-corrected chi connectivity index (χ2v) is 12.3. The molecule has 0 aliphatic carbocycles. The number of nitrogens with one attached hydrogen (secondary N) is 3. The number of halogens is 2. The topological polar surface area (TPSA) is 89.2 Å². The highest BCUT2D eigenvalue weighted by molar-refractivity contribution is 6.05. The van der Waals surface area contributed by atoms with Crippen molar-refractivity contribution in [2.45, 2.75) is 39.3 Å². The van der Waals surface area contributed by atoms with Crippen LogP contribution in [0, 0.1) is 11.6 Å². The molecule has 1 fully saturated rings. The van der Waals surface area contributed by atoms with Crippen LogP contribution in [0.1, 0.15) is 43.1 Å². The number of urea groups is 1. The number of rotatable bonds is 12. The SMILES string of the molecule is CN1CCN(CCCN(Cc2ccc(C(=O)Nc3ccccc3NCOC(C)(C)C)cc2)C(=O)Nc2ccc(F)c(F)c2)CC1. The molecule has 3 N–H and O–H groups in total. The minimum Gasteiger partial charge on any atom is -0.361 e. The molecule has 0 spiro atoms. The Balaban J connectivity index is 1.39.